The smallest absolute Gasteiger partial charge is 0.252 e. The quantitative estimate of drug-likeness (QED) is 0.538. The Kier molecular flexibility index (Phi) is 6.71. The van der Waals surface area contributed by atoms with Gasteiger partial charge in [-0.25, -0.2) is 17.7 Å². The molecule has 2 heterocycles. The molecule has 29 heavy (non-hydrogen) atoms. The molecule has 0 spiro atoms. The third-order valence-electron chi connectivity index (χ3n) is 4.72. The van der Waals surface area contributed by atoms with Gasteiger partial charge in [-0.15, -0.1) is 11.3 Å². The lowest BCUT2D eigenvalue weighted by Gasteiger charge is -2.21. The number of nitrogens with zero attached hydrogens (tertiary/aromatic N) is 2. The van der Waals surface area contributed by atoms with Gasteiger partial charge in [-0.3, -0.25) is 4.79 Å². The van der Waals surface area contributed by atoms with Gasteiger partial charge in [0.25, 0.3) is 10.0 Å². The van der Waals surface area contributed by atoms with Crippen LogP contribution in [0.3, 0.4) is 0 Å². The first-order valence-electron chi connectivity index (χ1n) is 9.53. The zero-order valence-electron chi connectivity index (χ0n) is 16.8. The number of aromatic nitrogens is 2. The van der Waals surface area contributed by atoms with E-state index in [-0.39, 0.29) is 30.8 Å². The first-order chi connectivity index (χ1) is 13.8. The minimum atomic E-state index is -3.48. The van der Waals surface area contributed by atoms with Crippen LogP contribution in [0.25, 0.3) is 11.0 Å². The Morgan fingerprint density at radius 1 is 1.24 bits per heavy atom. The second-order valence-corrected chi connectivity index (χ2v) is 10.5. The maximum absolute atomic E-state index is 12.5. The number of imidazole rings is 1. The van der Waals surface area contributed by atoms with Crippen molar-refractivity contribution in [1.82, 2.24) is 19.6 Å². The summed E-state index contributed by atoms with van der Waals surface area (Å²) < 4.78 is 26.5. The van der Waals surface area contributed by atoms with Crippen LogP contribution in [0.15, 0.2) is 46.0 Å². The number of amides is 1. The highest BCUT2D eigenvalue weighted by Gasteiger charge is 2.23. The van der Waals surface area contributed by atoms with Crippen molar-refractivity contribution >= 4 is 38.3 Å². The summed E-state index contributed by atoms with van der Waals surface area (Å²) in [5.74, 6) is 0.763. The zero-order valence-corrected chi connectivity index (χ0v) is 18.4. The lowest BCUT2D eigenvalue weighted by atomic mass is 10.0. The van der Waals surface area contributed by atoms with Crippen molar-refractivity contribution in [1.29, 1.82) is 0 Å². The molecule has 9 heteroatoms. The Hall–Kier alpha value is -2.23. The maximum Gasteiger partial charge on any atom is 0.252 e. The van der Waals surface area contributed by atoms with Crippen LogP contribution in [0.1, 0.15) is 38.6 Å². The van der Waals surface area contributed by atoms with Crippen molar-refractivity contribution in [3.05, 3.63) is 47.6 Å². The largest absolute Gasteiger partial charge is 0.346 e. The maximum atomic E-state index is 12.5. The van der Waals surface area contributed by atoms with Crippen LogP contribution in [0.4, 0.5) is 0 Å². The van der Waals surface area contributed by atoms with E-state index in [1.165, 1.54) is 22.7 Å². The number of H-pyrrole nitrogens is 1. The predicted octanol–water partition coefficient (Wildman–Crippen LogP) is 3.54. The minimum absolute atomic E-state index is 0.119. The zero-order chi connectivity index (χ0) is 21.0. The lowest BCUT2D eigenvalue weighted by molar-refractivity contribution is -0.122. The molecular formula is C20H26N4O3S2. The van der Waals surface area contributed by atoms with Crippen LogP contribution < -0.4 is 5.32 Å². The standard InChI is InChI=1S/C20H26N4O3S2/c1-14(2)19(20-21-15-8-4-5-9-16(15)22-20)23-17(25)10-6-12-24(3)29(26,27)18-11-7-13-28-18/h4-5,7-9,11,13-14,19H,6,10,12H2,1-3H3,(H,21,22)(H,23,25). The van der Waals surface area contributed by atoms with Gasteiger partial charge in [0.15, 0.2) is 0 Å². The SMILES string of the molecule is CC(C)C(NC(=O)CCCN(C)S(=O)(=O)c1cccs1)c1nc2ccccc2[nH]1. The molecule has 0 fully saturated rings. The van der Waals surface area contributed by atoms with Gasteiger partial charge in [0.1, 0.15) is 10.0 Å². The van der Waals surface area contributed by atoms with Crippen LogP contribution in [0.2, 0.25) is 0 Å². The number of carbonyl (C=O) groups excluding carboxylic acids is 1. The average Bonchev–Trinajstić information content (AvgIpc) is 3.35. The molecular weight excluding hydrogens is 408 g/mol. The van der Waals surface area contributed by atoms with Crippen molar-refractivity contribution in [2.24, 2.45) is 5.92 Å². The number of nitrogens with one attached hydrogen (secondary N) is 2. The molecule has 0 aliphatic rings. The molecule has 2 N–H and O–H groups in total. The summed E-state index contributed by atoms with van der Waals surface area (Å²) in [6, 6.07) is 10.8. The topological polar surface area (TPSA) is 95.2 Å². The lowest BCUT2D eigenvalue weighted by Crippen LogP contribution is -2.33. The second kappa shape index (κ2) is 9.06. The van der Waals surface area contributed by atoms with Crippen molar-refractivity contribution in [2.75, 3.05) is 13.6 Å². The van der Waals surface area contributed by atoms with Gasteiger partial charge in [-0.1, -0.05) is 32.0 Å². The van der Waals surface area contributed by atoms with Gasteiger partial charge in [0, 0.05) is 20.0 Å². The molecule has 3 aromatic rings. The van der Waals surface area contributed by atoms with E-state index in [1.54, 1.807) is 17.5 Å². The van der Waals surface area contributed by atoms with Crippen molar-refractivity contribution in [3.63, 3.8) is 0 Å². The highest BCUT2D eigenvalue weighted by atomic mass is 32.2. The van der Waals surface area contributed by atoms with Gasteiger partial charge in [0.2, 0.25) is 5.91 Å². The number of thiophene rings is 1. The molecule has 1 amide bonds. The Labute approximate surface area is 175 Å². The molecule has 0 aliphatic carbocycles. The highest BCUT2D eigenvalue weighted by molar-refractivity contribution is 7.91. The fourth-order valence-corrected chi connectivity index (χ4v) is 5.47. The minimum Gasteiger partial charge on any atom is -0.346 e. The van der Waals surface area contributed by atoms with Gasteiger partial charge in [-0.2, -0.15) is 0 Å². The Morgan fingerprint density at radius 2 is 2.00 bits per heavy atom. The fourth-order valence-electron chi connectivity index (χ4n) is 3.06. The van der Waals surface area contributed by atoms with Crippen LogP contribution in [0.5, 0.6) is 0 Å². The highest BCUT2D eigenvalue weighted by Crippen LogP contribution is 2.23. The van der Waals surface area contributed by atoms with Gasteiger partial charge < -0.3 is 10.3 Å². The number of hydrogen-bond acceptors (Lipinski definition) is 5. The summed E-state index contributed by atoms with van der Waals surface area (Å²) in [5.41, 5.74) is 1.80. The summed E-state index contributed by atoms with van der Waals surface area (Å²) >= 11 is 1.19. The van der Waals surface area contributed by atoms with Gasteiger partial charge in [0.05, 0.1) is 17.1 Å². The van der Waals surface area contributed by atoms with E-state index in [1.807, 2.05) is 38.1 Å². The third-order valence-corrected chi connectivity index (χ3v) is 7.95. The molecule has 3 rings (SSSR count). The summed E-state index contributed by atoms with van der Waals surface area (Å²) in [4.78, 5) is 20.4. The van der Waals surface area contributed by atoms with E-state index >= 15 is 0 Å². The number of hydrogen-bond donors (Lipinski definition) is 2. The van der Waals surface area contributed by atoms with Crippen LogP contribution in [0, 0.1) is 5.92 Å². The van der Waals surface area contributed by atoms with E-state index in [0.29, 0.717) is 10.6 Å². The van der Waals surface area contributed by atoms with Crippen LogP contribution in [-0.2, 0) is 14.8 Å². The van der Waals surface area contributed by atoms with E-state index in [9.17, 15) is 13.2 Å². The van der Waals surface area contributed by atoms with E-state index in [0.717, 1.165) is 16.9 Å². The molecule has 1 unspecified atom stereocenters. The number of rotatable bonds is 9. The van der Waals surface area contributed by atoms with Crippen molar-refractivity contribution < 1.29 is 13.2 Å². The van der Waals surface area contributed by atoms with Crippen molar-refractivity contribution in [3.8, 4) is 0 Å². The Morgan fingerprint density at radius 3 is 2.66 bits per heavy atom. The predicted molar refractivity (Wildman–Crippen MR) is 115 cm³/mol. The third kappa shape index (κ3) is 5.04. The molecule has 1 aromatic carbocycles. The van der Waals surface area contributed by atoms with E-state index in [2.05, 4.69) is 15.3 Å². The molecule has 0 radical (unpaired) electrons. The first kappa shape index (κ1) is 21.5. The van der Waals surface area contributed by atoms with E-state index in [4.69, 9.17) is 0 Å². The second-order valence-electron chi connectivity index (χ2n) is 7.29. The molecule has 0 bridgehead atoms. The van der Waals surface area contributed by atoms with Crippen LogP contribution in [-0.4, -0.2) is 42.2 Å². The summed E-state index contributed by atoms with van der Waals surface area (Å²) in [7, 11) is -1.94. The van der Waals surface area contributed by atoms with E-state index < -0.39 is 10.0 Å². The summed E-state index contributed by atoms with van der Waals surface area (Å²) in [6.07, 6.45) is 0.686. The molecule has 7 nitrogen and oxygen atoms in total. The molecule has 156 valence electrons. The Bertz CT molecular complexity index is 1030. The van der Waals surface area contributed by atoms with Gasteiger partial charge in [-0.05, 0) is 35.9 Å². The summed E-state index contributed by atoms with van der Waals surface area (Å²) in [6.45, 7) is 4.34. The number of aromatic amines is 1. The fraction of sp³-hybridized carbons (Fsp3) is 0.400. The molecule has 0 aliphatic heterocycles. The monoisotopic (exact) mass is 434 g/mol. The number of fused-ring (bicyclic) bond motifs is 1. The van der Waals surface area contributed by atoms with Crippen LogP contribution >= 0.6 is 11.3 Å². The number of sulfonamides is 1. The molecule has 2 aromatic heterocycles. The van der Waals surface area contributed by atoms with Crippen molar-refractivity contribution in [2.45, 2.75) is 36.9 Å². The number of carbonyl (C=O) groups is 1. The normalized spacial score (nSPS) is 13.3. The number of para-hydroxylation sites is 2. The Balaban J connectivity index is 1.57. The first-order valence-corrected chi connectivity index (χ1v) is 11.8. The number of benzene rings is 1. The average molecular weight is 435 g/mol. The molecule has 1 atom stereocenters. The molecule has 0 saturated heterocycles. The summed E-state index contributed by atoms with van der Waals surface area (Å²) in [5, 5.41) is 4.77. The molecule has 0 saturated carbocycles. The van der Waals surface area contributed by atoms with Gasteiger partial charge >= 0.3 is 0 Å².